The average Bonchev–Trinajstić information content (AvgIpc) is 2.71. The van der Waals surface area contributed by atoms with Gasteiger partial charge >= 0.3 is 0 Å². The number of H-pyrrole nitrogens is 1. The molecule has 0 radical (unpaired) electrons. The molecule has 0 unspecified atom stereocenters. The van der Waals surface area contributed by atoms with Crippen molar-refractivity contribution in [1.82, 2.24) is 14.8 Å². The molecular formula is C18H24N4O2. The molecular weight excluding hydrogens is 304 g/mol. The van der Waals surface area contributed by atoms with Crippen LogP contribution in [-0.2, 0) is 26.3 Å². The molecule has 0 saturated carbocycles. The minimum atomic E-state index is -0.374. The molecule has 0 atom stereocenters. The first-order valence-corrected chi connectivity index (χ1v) is 8.60. The van der Waals surface area contributed by atoms with Crippen LogP contribution >= 0.6 is 0 Å². The van der Waals surface area contributed by atoms with Crippen molar-refractivity contribution in [3.8, 4) is 0 Å². The monoisotopic (exact) mass is 328 g/mol. The van der Waals surface area contributed by atoms with Crippen molar-refractivity contribution in [3.05, 3.63) is 44.5 Å². The zero-order chi connectivity index (χ0) is 17.3. The lowest BCUT2D eigenvalue weighted by Crippen LogP contribution is -2.26. The molecule has 2 heterocycles. The van der Waals surface area contributed by atoms with Crippen molar-refractivity contribution >= 4 is 11.7 Å². The van der Waals surface area contributed by atoms with Crippen molar-refractivity contribution in [3.63, 3.8) is 0 Å². The van der Waals surface area contributed by atoms with E-state index in [9.17, 15) is 9.59 Å². The summed E-state index contributed by atoms with van der Waals surface area (Å²) in [5, 5.41) is 7.22. The number of aryl methyl sites for hydroxylation is 4. The fourth-order valence-electron chi connectivity index (χ4n) is 3.48. The van der Waals surface area contributed by atoms with Gasteiger partial charge in [-0.15, -0.1) is 0 Å². The fourth-order valence-corrected chi connectivity index (χ4v) is 3.48. The molecule has 3 rings (SSSR count). The van der Waals surface area contributed by atoms with Crippen LogP contribution in [0.3, 0.4) is 0 Å². The molecule has 0 aliphatic heterocycles. The van der Waals surface area contributed by atoms with E-state index in [0.29, 0.717) is 5.82 Å². The molecule has 0 fully saturated rings. The molecule has 0 spiro atoms. The Balaban J connectivity index is 1.94. The number of hydrogen-bond acceptors (Lipinski definition) is 3. The lowest BCUT2D eigenvalue weighted by molar-refractivity contribution is 0.102. The molecule has 0 bridgehead atoms. The summed E-state index contributed by atoms with van der Waals surface area (Å²) in [6, 6.07) is 1.77. The Morgan fingerprint density at radius 2 is 2.08 bits per heavy atom. The van der Waals surface area contributed by atoms with Gasteiger partial charge in [0.15, 0.2) is 0 Å². The second kappa shape index (κ2) is 6.63. The number of anilines is 1. The molecule has 2 N–H and O–H groups in total. The number of hydrogen-bond donors (Lipinski definition) is 2. The highest BCUT2D eigenvalue weighted by atomic mass is 16.2. The van der Waals surface area contributed by atoms with E-state index >= 15 is 0 Å². The number of carbonyl (C=O) groups is 1. The molecule has 2 aromatic heterocycles. The maximum Gasteiger partial charge on any atom is 0.262 e. The van der Waals surface area contributed by atoms with E-state index in [0.717, 1.165) is 61.0 Å². The number of nitrogens with zero attached hydrogens (tertiary/aromatic N) is 2. The lowest BCUT2D eigenvalue weighted by atomic mass is 10.1. The summed E-state index contributed by atoms with van der Waals surface area (Å²) in [5.74, 6) is 0.287. The third-order valence-corrected chi connectivity index (χ3v) is 4.76. The van der Waals surface area contributed by atoms with Crippen LogP contribution < -0.4 is 10.9 Å². The maximum atomic E-state index is 12.7. The van der Waals surface area contributed by atoms with Crippen LogP contribution in [0.1, 0.15) is 59.1 Å². The minimum Gasteiger partial charge on any atom is -0.325 e. The van der Waals surface area contributed by atoms with Crippen LogP contribution in [0.5, 0.6) is 0 Å². The molecule has 0 aromatic carbocycles. The molecule has 6 heteroatoms. The number of aromatic nitrogens is 3. The summed E-state index contributed by atoms with van der Waals surface area (Å²) < 4.78 is 1.66. The zero-order valence-electron chi connectivity index (χ0n) is 14.5. The van der Waals surface area contributed by atoms with Gasteiger partial charge in [0.05, 0.1) is 5.69 Å². The van der Waals surface area contributed by atoms with E-state index in [2.05, 4.69) is 15.4 Å². The molecule has 24 heavy (non-hydrogen) atoms. The van der Waals surface area contributed by atoms with Crippen molar-refractivity contribution in [2.24, 2.45) is 7.05 Å². The maximum absolute atomic E-state index is 12.7. The summed E-state index contributed by atoms with van der Waals surface area (Å²) in [4.78, 5) is 27.9. The van der Waals surface area contributed by atoms with E-state index in [-0.39, 0.29) is 17.0 Å². The van der Waals surface area contributed by atoms with Crippen molar-refractivity contribution in [2.45, 2.75) is 52.4 Å². The van der Waals surface area contributed by atoms with E-state index in [1.54, 1.807) is 17.8 Å². The topological polar surface area (TPSA) is 79.8 Å². The van der Waals surface area contributed by atoms with Gasteiger partial charge in [-0.05, 0) is 50.7 Å². The van der Waals surface area contributed by atoms with E-state index in [1.165, 1.54) is 0 Å². The van der Waals surface area contributed by atoms with Gasteiger partial charge in [0, 0.05) is 18.3 Å². The van der Waals surface area contributed by atoms with Crippen LogP contribution in [0.4, 0.5) is 5.82 Å². The quantitative estimate of drug-likeness (QED) is 0.850. The fraction of sp³-hybridized carbons (Fsp3) is 0.500. The summed E-state index contributed by atoms with van der Waals surface area (Å²) in [5.41, 5.74) is 3.83. The molecule has 128 valence electrons. The number of rotatable bonds is 3. The highest BCUT2D eigenvalue weighted by Gasteiger charge is 2.19. The number of pyridine rings is 1. The third-order valence-electron chi connectivity index (χ3n) is 4.76. The number of nitrogens with one attached hydrogen (secondary N) is 2. The van der Waals surface area contributed by atoms with Crippen LogP contribution in [0.15, 0.2) is 10.9 Å². The van der Waals surface area contributed by atoms with Gasteiger partial charge in [-0.2, -0.15) is 5.10 Å². The first kappa shape index (κ1) is 16.5. The average molecular weight is 328 g/mol. The van der Waals surface area contributed by atoms with Crippen molar-refractivity contribution in [1.29, 1.82) is 0 Å². The highest BCUT2D eigenvalue weighted by molar-refractivity contribution is 6.04. The van der Waals surface area contributed by atoms with Gasteiger partial charge in [-0.1, -0.05) is 13.3 Å². The standard InChI is InChI=1S/C18H24N4O2/c1-4-13-11(2)21-22(3)16(13)20-18(24)14-10-12-8-6-5-7-9-15(12)19-17(14)23/h10H,4-9H2,1-3H3,(H,19,23)(H,20,24). The number of amides is 1. The SMILES string of the molecule is CCc1c(C)nn(C)c1NC(=O)c1cc2c([nH]c1=O)CCCCC2. The molecule has 1 aliphatic carbocycles. The van der Waals surface area contributed by atoms with E-state index < -0.39 is 0 Å². The number of carbonyl (C=O) groups excluding carboxylic acids is 1. The Bertz CT molecular complexity index is 832. The molecule has 6 nitrogen and oxygen atoms in total. The Kier molecular flexibility index (Phi) is 4.55. The predicted molar refractivity (Wildman–Crippen MR) is 93.6 cm³/mol. The van der Waals surface area contributed by atoms with Gasteiger partial charge in [0.1, 0.15) is 11.4 Å². The Morgan fingerprint density at radius 3 is 2.83 bits per heavy atom. The predicted octanol–water partition coefficient (Wildman–Crippen LogP) is 2.50. The largest absolute Gasteiger partial charge is 0.325 e. The minimum absolute atomic E-state index is 0.177. The Hall–Kier alpha value is -2.37. The third kappa shape index (κ3) is 3.00. The number of fused-ring (bicyclic) bond motifs is 1. The molecule has 2 aromatic rings. The second-order valence-electron chi connectivity index (χ2n) is 6.42. The normalized spacial score (nSPS) is 14.1. The molecule has 0 saturated heterocycles. The smallest absolute Gasteiger partial charge is 0.262 e. The lowest BCUT2D eigenvalue weighted by Gasteiger charge is -2.10. The summed E-state index contributed by atoms with van der Waals surface area (Å²) in [7, 11) is 1.79. The van der Waals surface area contributed by atoms with Crippen LogP contribution in [-0.4, -0.2) is 20.7 Å². The summed E-state index contributed by atoms with van der Waals surface area (Å²) in [6.07, 6.45) is 5.91. The Labute approximate surface area is 141 Å². The van der Waals surface area contributed by atoms with Crippen molar-refractivity contribution in [2.75, 3.05) is 5.32 Å². The van der Waals surface area contributed by atoms with Crippen LogP contribution in [0.2, 0.25) is 0 Å². The first-order chi connectivity index (χ1) is 11.5. The Morgan fingerprint density at radius 1 is 1.33 bits per heavy atom. The van der Waals surface area contributed by atoms with Gasteiger partial charge in [0.2, 0.25) is 0 Å². The zero-order valence-corrected chi connectivity index (χ0v) is 14.5. The summed E-state index contributed by atoms with van der Waals surface area (Å²) in [6.45, 7) is 3.94. The molecule has 1 aliphatic rings. The van der Waals surface area contributed by atoms with Crippen LogP contribution in [0.25, 0.3) is 0 Å². The van der Waals surface area contributed by atoms with Crippen LogP contribution in [0, 0.1) is 6.92 Å². The van der Waals surface area contributed by atoms with Gasteiger partial charge in [-0.3, -0.25) is 14.3 Å². The van der Waals surface area contributed by atoms with Gasteiger partial charge in [0.25, 0.3) is 11.5 Å². The second-order valence-corrected chi connectivity index (χ2v) is 6.42. The highest BCUT2D eigenvalue weighted by Crippen LogP contribution is 2.21. The van der Waals surface area contributed by atoms with Gasteiger partial charge < -0.3 is 10.3 Å². The van der Waals surface area contributed by atoms with E-state index in [4.69, 9.17) is 0 Å². The van der Waals surface area contributed by atoms with Crippen molar-refractivity contribution < 1.29 is 4.79 Å². The van der Waals surface area contributed by atoms with E-state index in [1.807, 2.05) is 13.8 Å². The molecule has 1 amide bonds. The number of aromatic amines is 1. The first-order valence-electron chi connectivity index (χ1n) is 8.60. The summed E-state index contributed by atoms with van der Waals surface area (Å²) >= 11 is 0. The van der Waals surface area contributed by atoms with Gasteiger partial charge in [-0.25, -0.2) is 0 Å².